The number of hydrogen-bond acceptors (Lipinski definition) is 3. The summed E-state index contributed by atoms with van der Waals surface area (Å²) in [7, 11) is 0. The van der Waals surface area contributed by atoms with Gasteiger partial charge in [-0.15, -0.1) is 0 Å². The number of ketones is 1. The van der Waals surface area contributed by atoms with Crippen molar-refractivity contribution in [2.45, 2.75) is 97.7 Å². The molecular formula is C23H40O3. The molecule has 26 heavy (non-hydrogen) atoms. The Hall–Kier alpha value is -0.670. The van der Waals surface area contributed by atoms with Crippen LogP contribution in [0.15, 0.2) is 11.6 Å². The molecule has 2 aliphatic heterocycles. The monoisotopic (exact) mass is 364 g/mol. The summed E-state index contributed by atoms with van der Waals surface area (Å²) in [6.07, 6.45) is 12.0. The lowest BCUT2D eigenvalue weighted by Gasteiger charge is -2.48. The summed E-state index contributed by atoms with van der Waals surface area (Å²) in [5.74, 6) is 1.88. The molecule has 0 radical (unpaired) electrons. The molecule has 2 aliphatic rings. The lowest BCUT2D eigenvalue weighted by atomic mass is 9.77. The van der Waals surface area contributed by atoms with E-state index in [-0.39, 0.29) is 11.4 Å². The number of carbonyl (C=O) groups is 1. The molecule has 2 rings (SSSR count). The molecule has 5 atom stereocenters. The Morgan fingerprint density at radius 2 is 2.08 bits per heavy atom. The molecule has 1 spiro atoms. The Labute approximate surface area is 160 Å². The smallest absolute Gasteiger partial charge is 0.155 e. The molecule has 5 unspecified atom stereocenters. The first-order valence-corrected chi connectivity index (χ1v) is 10.8. The lowest BCUT2D eigenvalue weighted by Crippen LogP contribution is -2.51. The van der Waals surface area contributed by atoms with Crippen molar-refractivity contribution in [3.05, 3.63) is 11.6 Å². The minimum absolute atomic E-state index is 0.0395. The first-order chi connectivity index (χ1) is 12.3. The molecule has 3 heteroatoms. The van der Waals surface area contributed by atoms with Gasteiger partial charge in [-0.25, -0.2) is 0 Å². The van der Waals surface area contributed by atoms with E-state index in [4.69, 9.17) is 9.47 Å². The quantitative estimate of drug-likeness (QED) is 0.517. The van der Waals surface area contributed by atoms with Crippen LogP contribution in [0.25, 0.3) is 0 Å². The summed E-state index contributed by atoms with van der Waals surface area (Å²) < 4.78 is 12.7. The van der Waals surface area contributed by atoms with Crippen molar-refractivity contribution in [2.75, 3.05) is 13.2 Å². The molecule has 0 aromatic rings. The van der Waals surface area contributed by atoms with Crippen molar-refractivity contribution in [1.29, 1.82) is 0 Å². The highest BCUT2D eigenvalue weighted by Gasteiger charge is 2.43. The van der Waals surface area contributed by atoms with Gasteiger partial charge in [-0.2, -0.15) is 0 Å². The Morgan fingerprint density at radius 3 is 2.77 bits per heavy atom. The lowest BCUT2D eigenvalue weighted by molar-refractivity contribution is -0.211. The number of unbranched alkanes of at least 4 members (excludes halogenated alkanes) is 1. The normalized spacial score (nSPS) is 34.0. The molecule has 0 aromatic heterocycles. The summed E-state index contributed by atoms with van der Waals surface area (Å²) in [5, 5.41) is 0. The molecule has 0 aromatic carbocycles. The third kappa shape index (κ3) is 6.20. The van der Waals surface area contributed by atoms with E-state index < -0.39 is 0 Å². The van der Waals surface area contributed by atoms with Gasteiger partial charge in [0.25, 0.3) is 0 Å². The third-order valence-electron chi connectivity index (χ3n) is 6.43. The van der Waals surface area contributed by atoms with E-state index in [1.54, 1.807) is 6.92 Å². The van der Waals surface area contributed by atoms with E-state index in [1.165, 1.54) is 25.7 Å². The summed E-state index contributed by atoms with van der Waals surface area (Å²) in [6.45, 7) is 12.0. The van der Waals surface area contributed by atoms with Crippen LogP contribution in [0.4, 0.5) is 0 Å². The van der Waals surface area contributed by atoms with E-state index in [9.17, 15) is 4.79 Å². The molecule has 2 fully saturated rings. The van der Waals surface area contributed by atoms with Gasteiger partial charge in [0.15, 0.2) is 5.78 Å². The average Bonchev–Trinajstić information content (AvgIpc) is 2.61. The van der Waals surface area contributed by atoms with Crippen LogP contribution in [-0.4, -0.2) is 30.7 Å². The SMILES string of the molecule is CCCCC1OC2(CCC1C)COCC(CCC(C)/C=C(\C)C(C)=O)C2. The summed E-state index contributed by atoms with van der Waals surface area (Å²) in [6, 6.07) is 0. The minimum Gasteiger partial charge on any atom is -0.378 e. The topological polar surface area (TPSA) is 35.5 Å². The van der Waals surface area contributed by atoms with Gasteiger partial charge in [-0.05, 0) is 75.7 Å². The Balaban J connectivity index is 1.87. The highest BCUT2D eigenvalue weighted by molar-refractivity contribution is 5.92. The van der Waals surface area contributed by atoms with Crippen LogP contribution >= 0.6 is 0 Å². The molecule has 150 valence electrons. The Bertz CT molecular complexity index is 484. The molecular weight excluding hydrogens is 324 g/mol. The summed E-state index contributed by atoms with van der Waals surface area (Å²) in [5.41, 5.74) is 0.847. The largest absolute Gasteiger partial charge is 0.378 e. The van der Waals surface area contributed by atoms with Crippen molar-refractivity contribution in [3.63, 3.8) is 0 Å². The van der Waals surface area contributed by atoms with E-state index in [0.29, 0.717) is 23.9 Å². The van der Waals surface area contributed by atoms with Crippen molar-refractivity contribution >= 4 is 5.78 Å². The van der Waals surface area contributed by atoms with Gasteiger partial charge in [-0.3, -0.25) is 4.79 Å². The van der Waals surface area contributed by atoms with Gasteiger partial charge in [0.1, 0.15) is 0 Å². The summed E-state index contributed by atoms with van der Waals surface area (Å²) in [4.78, 5) is 11.4. The second-order valence-electron chi connectivity index (χ2n) is 9.04. The van der Waals surface area contributed by atoms with Crippen LogP contribution in [-0.2, 0) is 14.3 Å². The zero-order valence-electron chi connectivity index (χ0n) is 17.7. The van der Waals surface area contributed by atoms with Crippen molar-refractivity contribution in [2.24, 2.45) is 17.8 Å². The van der Waals surface area contributed by atoms with Crippen molar-refractivity contribution in [1.82, 2.24) is 0 Å². The van der Waals surface area contributed by atoms with E-state index in [2.05, 4.69) is 26.8 Å². The maximum absolute atomic E-state index is 11.4. The molecule has 0 aliphatic carbocycles. The van der Waals surface area contributed by atoms with Gasteiger partial charge in [0, 0.05) is 6.61 Å². The predicted octanol–water partition coefficient (Wildman–Crippen LogP) is 5.72. The van der Waals surface area contributed by atoms with Crippen LogP contribution in [0.3, 0.4) is 0 Å². The first-order valence-electron chi connectivity index (χ1n) is 10.8. The van der Waals surface area contributed by atoms with Gasteiger partial charge in [0.2, 0.25) is 0 Å². The number of Topliss-reactive ketones (excluding diaryl/α,β-unsaturated/α-hetero) is 1. The van der Waals surface area contributed by atoms with Crippen molar-refractivity contribution < 1.29 is 14.3 Å². The number of carbonyl (C=O) groups excluding carboxylic acids is 1. The molecule has 2 saturated heterocycles. The van der Waals surface area contributed by atoms with Gasteiger partial charge in [0.05, 0.1) is 18.3 Å². The standard InChI is InChI=1S/C23H40O3/c1-6-7-8-22-18(3)11-12-23(26-22)14-21(15-25-16-23)10-9-17(2)13-19(4)20(5)24/h13,17-18,21-22H,6-12,14-16H2,1-5H3/b19-13+. The van der Waals surface area contributed by atoms with Crippen LogP contribution in [0.5, 0.6) is 0 Å². The molecule has 0 saturated carbocycles. The number of allylic oxidation sites excluding steroid dienone is 2. The molecule has 0 bridgehead atoms. The summed E-state index contributed by atoms with van der Waals surface area (Å²) >= 11 is 0. The number of ether oxygens (including phenoxy) is 2. The Kier molecular flexibility index (Phi) is 8.35. The molecule has 3 nitrogen and oxygen atoms in total. The minimum atomic E-state index is -0.0395. The van der Waals surface area contributed by atoms with Gasteiger partial charge >= 0.3 is 0 Å². The van der Waals surface area contributed by atoms with Crippen LogP contribution in [0.2, 0.25) is 0 Å². The highest BCUT2D eigenvalue weighted by atomic mass is 16.6. The second kappa shape index (κ2) is 10.0. The zero-order chi connectivity index (χ0) is 19.2. The Morgan fingerprint density at radius 1 is 1.31 bits per heavy atom. The molecule has 2 heterocycles. The molecule has 0 amide bonds. The van der Waals surface area contributed by atoms with E-state index >= 15 is 0 Å². The fraction of sp³-hybridized carbons (Fsp3) is 0.870. The van der Waals surface area contributed by atoms with Gasteiger partial charge in [-0.1, -0.05) is 39.7 Å². The van der Waals surface area contributed by atoms with Crippen LogP contribution in [0, 0.1) is 17.8 Å². The van der Waals surface area contributed by atoms with E-state index in [1.807, 2.05) is 6.92 Å². The number of hydrogen-bond donors (Lipinski definition) is 0. The third-order valence-corrected chi connectivity index (χ3v) is 6.43. The number of rotatable bonds is 8. The maximum atomic E-state index is 11.4. The maximum Gasteiger partial charge on any atom is 0.155 e. The van der Waals surface area contributed by atoms with Gasteiger partial charge < -0.3 is 9.47 Å². The zero-order valence-corrected chi connectivity index (χ0v) is 17.7. The fourth-order valence-corrected chi connectivity index (χ4v) is 4.54. The molecule has 0 N–H and O–H groups in total. The van der Waals surface area contributed by atoms with E-state index in [0.717, 1.165) is 44.5 Å². The van der Waals surface area contributed by atoms with Crippen LogP contribution in [0.1, 0.15) is 86.0 Å². The van der Waals surface area contributed by atoms with Crippen LogP contribution < -0.4 is 0 Å². The second-order valence-corrected chi connectivity index (χ2v) is 9.04. The average molecular weight is 365 g/mol. The first kappa shape index (κ1) is 21.6. The fourth-order valence-electron chi connectivity index (χ4n) is 4.54. The van der Waals surface area contributed by atoms with Crippen molar-refractivity contribution in [3.8, 4) is 0 Å². The highest BCUT2D eigenvalue weighted by Crippen LogP contribution is 2.41. The predicted molar refractivity (Wildman–Crippen MR) is 107 cm³/mol.